The van der Waals surface area contributed by atoms with E-state index >= 15 is 0 Å². The molecule has 3 rings (SSSR count). The van der Waals surface area contributed by atoms with Gasteiger partial charge in [0.15, 0.2) is 0 Å². The van der Waals surface area contributed by atoms with Crippen LogP contribution in [0.25, 0.3) is 0 Å². The molecule has 2 N–H and O–H groups in total. The second-order valence-electron chi connectivity index (χ2n) is 6.30. The first-order valence-electron chi connectivity index (χ1n) is 8.38. The Morgan fingerprint density at radius 3 is 2.91 bits per heavy atom. The van der Waals surface area contributed by atoms with E-state index in [2.05, 4.69) is 15.6 Å². The van der Waals surface area contributed by atoms with Crippen LogP contribution < -0.4 is 10.6 Å². The Labute approximate surface area is 131 Å². The molecule has 2 unspecified atom stereocenters. The van der Waals surface area contributed by atoms with Gasteiger partial charge in [0.05, 0.1) is 11.7 Å². The number of hydrogen-bond acceptors (Lipinski definition) is 4. The predicted octanol–water partition coefficient (Wildman–Crippen LogP) is 2.59. The molecule has 0 bridgehead atoms. The van der Waals surface area contributed by atoms with E-state index in [0.29, 0.717) is 24.3 Å². The average Bonchev–Trinajstić information content (AvgIpc) is 3.38. The van der Waals surface area contributed by atoms with Gasteiger partial charge in [-0.1, -0.05) is 6.92 Å². The van der Waals surface area contributed by atoms with Crippen molar-refractivity contribution in [1.29, 1.82) is 0 Å². The number of carbonyl (C=O) groups is 1. The maximum Gasteiger partial charge on any atom is 0.252 e. The zero-order valence-electron chi connectivity index (χ0n) is 13.2. The SMILES string of the molecule is CCCNC(=O)c1ccc(NC2CCOC(C3CC3)C2)nc1. The van der Waals surface area contributed by atoms with E-state index in [9.17, 15) is 4.79 Å². The smallest absolute Gasteiger partial charge is 0.252 e. The van der Waals surface area contributed by atoms with Gasteiger partial charge in [-0.05, 0) is 50.2 Å². The third-order valence-electron chi connectivity index (χ3n) is 4.38. The number of carbonyl (C=O) groups excluding carboxylic acids is 1. The highest BCUT2D eigenvalue weighted by Crippen LogP contribution is 2.38. The minimum absolute atomic E-state index is 0.0548. The van der Waals surface area contributed by atoms with Gasteiger partial charge in [0.2, 0.25) is 0 Å². The summed E-state index contributed by atoms with van der Waals surface area (Å²) in [6.07, 6.45) is 7.71. The third-order valence-corrected chi connectivity index (χ3v) is 4.38. The lowest BCUT2D eigenvalue weighted by molar-refractivity contribution is -0.00223. The molecule has 120 valence electrons. The third kappa shape index (κ3) is 3.97. The molecular weight excluding hydrogens is 278 g/mol. The average molecular weight is 303 g/mol. The van der Waals surface area contributed by atoms with Crippen molar-refractivity contribution in [2.24, 2.45) is 5.92 Å². The molecule has 1 aliphatic heterocycles. The molecule has 22 heavy (non-hydrogen) atoms. The summed E-state index contributed by atoms with van der Waals surface area (Å²) in [7, 11) is 0. The molecule has 1 saturated carbocycles. The number of nitrogens with zero attached hydrogens (tertiary/aromatic N) is 1. The fraction of sp³-hybridized carbons (Fsp3) is 0.647. The summed E-state index contributed by atoms with van der Waals surface area (Å²) < 4.78 is 5.84. The van der Waals surface area contributed by atoms with Crippen LogP contribution in [0, 0.1) is 5.92 Å². The predicted molar refractivity (Wildman–Crippen MR) is 86.0 cm³/mol. The van der Waals surface area contributed by atoms with Gasteiger partial charge < -0.3 is 15.4 Å². The minimum Gasteiger partial charge on any atom is -0.378 e. The summed E-state index contributed by atoms with van der Waals surface area (Å²) in [5, 5.41) is 6.34. The van der Waals surface area contributed by atoms with E-state index in [1.165, 1.54) is 12.8 Å². The molecule has 1 aromatic heterocycles. The Balaban J connectivity index is 1.53. The van der Waals surface area contributed by atoms with Crippen LogP contribution in [0.4, 0.5) is 5.82 Å². The summed E-state index contributed by atoms with van der Waals surface area (Å²) in [5.74, 6) is 1.57. The van der Waals surface area contributed by atoms with Gasteiger partial charge in [-0.3, -0.25) is 4.79 Å². The maximum absolute atomic E-state index is 11.8. The van der Waals surface area contributed by atoms with Gasteiger partial charge in [0, 0.05) is 25.4 Å². The molecule has 5 heteroatoms. The Morgan fingerprint density at radius 1 is 1.36 bits per heavy atom. The molecule has 2 aliphatic rings. The van der Waals surface area contributed by atoms with E-state index in [1.54, 1.807) is 6.20 Å². The number of amides is 1. The van der Waals surface area contributed by atoms with Crippen LogP contribution in [0.3, 0.4) is 0 Å². The van der Waals surface area contributed by atoms with Gasteiger partial charge >= 0.3 is 0 Å². The quantitative estimate of drug-likeness (QED) is 0.848. The molecule has 0 aromatic carbocycles. The lowest BCUT2D eigenvalue weighted by Gasteiger charge is -2.30. The second kappa shape index (κ2) is 7.09. The van der Waals surface area contributed by atoms with Crippen molar-refractivity contribution in [1.82, 2.24) is 10.3 Å². The summed E-state index contributed by atoms with van der Waals surface area (Å²) in [6, 6.07) is 4.15. The lowest BCUT2D eigenvalue weighted by Crippen LogP contribution is -2.35. The fourth-order valence-corrected chi connectivity index (χ4v) is 2.92. The zero-order valence-corrected chi connectivity index (χ0v) is 13.2. The Hall–Kier alpha value is -1.62. The maximum atomic E-state index is 11.8. The highest BCUT2D eigenvalue weighted by atomic mass is 16.5. The van der Waals surface area contributed by atoms with Crippen molar-refractivity contribution in [3.8, 4) is 0 Å². The van der Waals surface area contributed by atoms with Crippen molar-refractivity contribution >= 4 is 11.7 Å². The molecule has 0 radical (unpaired) electrons. The Kier molecular flexibility index (Phi) is 4.93. The van der Waals surface area contributed by atoms with E-state index in [-0.39, 0.29) is 5.91 Å². The summed E-state index contributed by atoms with van der Waals surface area (Å²) in [4.78, 5) is 16.2. The zero-order chi connectivity index (χ0) is 15.4. The van der Waals surface area contributed by atoms with Crippen LogP contribution in [-0.4, -0.2) is 36.2 Å². The highest BCUT2D eigenvalue weighted by molar-refractivity contribution is 5.94. The van der Waals surface area contributed by atoms with Crippen molar-refractivity contribution in [3.05, 3.63) is 23.9 Å². The largest absolute Gasteiger partial charge is 0.378 e. The normalized spacial score (nSPS) is 24.8. The van der Waals surface area contributed by atoms with Crippen LogP contribution in [-0.2, 0) is 4.74 Å². The summed E-state index contributed by atoms with van der Waals surface area (Å²) in [5.41, 5.74) is 0.613. The van der Waals surface area contributed by atoms with Crippen molar-refractivity contribution in [2.75, 3.05) is 18.5 Å². The number of nitrogens with one attached hydrogen (secondary N) is 2. The molecule has 0 spiro atoms. The summed E-state index contributed by atoms with van der Waals surface area (Å²) >= 11 is 0. The second-order valence-corrected chi connectivity index (χ2v) is 6.30. The van der Waals surface area contributed by atoms with E-state index < -0.39 is 0 Å². The molecule has 5 nitrogen and oxygen atoms in total. The monoisotopic (exact) mass is 303 g/mol. The number of rotatable bonds is 6. The van der Waals surface area contributed by atoms with Gasteiger partial charge in [0.25, 0.3) is 5.91 Å². The molecule has 2 heterocycles. The first-order valence-corrected chi connectivity index (χ1v) is 8.38. The molecule has 1 saturated heterocycles. The van der Waals surface area contributed by atoms with Gasteiger partial charge in [-0.2, -0.15) is 0 Å². The van der Waals surface area contributed by atoms with Crippen LogP contribution in [0.15, 0.2) is 18.3 Å². The van der Waals surface area contributed by atoms with Crippen molar-refractivity contribution < 1.29 is 9.53 Å². The first kappa shape index (κ1) is 15.3. The number of pyridine rings is 1. The Morgan fingerprint density at radius 2 is 2.23 bits per heavy atom. The first-order chi connectivity index (χ1) is 10.8. The minimum atomic E-state index is -0.0548. The lowest BCUT2D eigenvalue weighted by atomic mass is 10.00. The topological polar surface area (TPSA) is 63.2 Å². The van der Waals surface area contributed by atoms with Crippen LogP contribution >= 0.6 is 0 Å². The van der Waals surface area contributed by atoms with E-state index in [0.717, 1.165) is 37.6 Å². The van der Waals surface area contributed by atoms with Gasteiger partial charge in [0.1, 0.15) is 5.82 Å². The molecule has 2 fully saturated rings. The Bertz CT molecular complexity index is 499. The number of anilines is 1. The van der Waals surface area contributed by atoms with E-state index in [4.69, 9.17) is 4.74 Å². The van der Waals surface area contributed by atoms with Crippen molar-refractivity contribution in [3.63, 3.8) is 0 Å². The molecule has 2 atom stereocenters. The number of ether oxygens (including phenoxy) is 1. The molecule has 1 aromatic rings. The van der Waals surface area contributed by atoms with Crippen LogP contribution in [0.1, 0.15) is 49.4 Å². The van der Waals surface area contributed by atoms with Gasteiger partial charge in [-0.25, -0.2) is 4.98 Å². The fourth-order valence-electron chi connectivity index (χ4n) is 2.92. The molecule has 1 amide bonds. The summed E-state index contributed by atoms with van der Waals surface area (Å²) in [6.45, 7) is 3.56. The standard InChI is InChI=1S/C17H25N3O2/c1-2-8-18-17(21)13-5-6-16(19-11-13)20-14-7-9-22-15(10-14)12-3-4-12/h5-6,11-12,14-15H,2-4,7-10H2,1H3,(H,18,21)(H,19,20). The highest BCUT2D eigenvalue weighted by Gasteiger charge is 2.35. The molecule has 1 aliphatic carbocycles. The van der Waals surface area contributed by atoms with Crippen molar-refractivity contribution in [2.45, 2.75) is 51.2 Å². The van der Waals surface area contributed by atoms with E-state index in [1.807, 2.05) is 19.1 Å². The number of aromatic nitrogens is 1. The van der Waals surface area contributed by atoms with Crippen LogP contribution in [0.5, 0.6) is 0 Å². The number of hydrogen-bond donors (Lipinski definition) is 2. The van der Waals surface area contributed by atoms with Gasteiger partial charge in [-0.15, -0.1) is 0 Å². The van der Waals surface area contributed by atoms with Crippen LogP contribution in [0.2, 0.25) is 0 Å². The molecular formula is C17H25N3O2.